The van der Waals surface area contributed by atoms with E-state index in [1.165, 1.54) is 24.3 Å². The lowest BCUT2D eigenvalue weighted by Crippen LogP contribution is -2.39. The third kappa shape index (κ3) is 4.68. The van der Waals surface area contributed by atoms with Crippen molar-refractivity contribution in [3.8, 4) is 5.75 Å². The van der Waals surface area contributed by atoms with Crippen LogP contribution in [0.3, 0.4) is 0 Å². The second-order valence-electron chi connectivity index (χ2n) is 6.30. The van der Waals surface area contributed by atoms with Gasteiger partial charge in [-0.2, -0.15) is 13.2 Å². The summed E-state index contributed by atoms with van der Waals surface area (Å²) < 4.78 is 67.6. The summed E-state index contributed by atoms with van der Waals surface area (Å²) in [7, 11) is -3.41. The van der Waals surface area contributed by atoms with Crippen LogP contribution in [0, 0.1) is 0 Å². The fourth-order valence-electron chi connectivity index (χ4n) is 2.87. The number of alkyl halides is 3. The lowest BCUT2D eigenvalue weighted by molar-refractivity contribution is -0.139. The molecule has 1 aromatic carbocycles. The quantitative estimate of drug-likeness (QED) is 0.785. The van der Waals surface area contributed by atoms with Gasteiger partial charge < -0.3 is 9.64 Å². The summed E-state index contributed by atoms with van der Waals surface area (Å²) in [5, 5.41) is 7.54. The highest BCUT2D eigenvalue weighted by Crippen LogP contribution is 2.37. The standard InChI is InChI=1S/C17H18F3N3O3S/c1-27(24,25)16-7-6-15(21-22-16)23-10-8-12(9-11-23)26-14-5-3-2-4-13(14)17(18,19)20/h2-7,12H,8-11H2,1H3. The topological polar surface area (TPSA) is 72.4 Å². The molecule has 3 rings (SSSR count). The second-order valence-corrected chi connectivity index (χ2v) is 8.26. The Labute approximate surface area is 154 Å². The minimum absolute atomic E-state index is 0.103. The van der Waals surface area contributed by atoms with E-state index in [0.29, 0.717) is 31.7 Å². The van der Waals surface area contributed by atoms with Crippen LogP contribution in [0.4, 0.5) is 19.0 Å². The number of nitrogens with zero attached hydrogens (tertiary/aromatic N) is 3. The van der Waals surface area contributed by atoms with Crippen molar-refractivity contribution >= 4 is 15.7 Å². The molecule has 0 saturated carbocycles. The first-order valence-corrected chi connectivity index (χ1v) is 10.2. The predicted molar refractivity (Wildman–Crippen MR) is 92.4 cm³/mol. The summed E-state index contributed by atoms with van der Waals surface area (Å²) in [4.78, 5) is 1.90. The van der Waals surface area contributed by atoms with Crippen LogP contribution in [-0.4, -0.2) is 44.1 Å². The van der Waals surface area contributed by atoms with Crippen molar-refractivity contribution in [1.29, 1.82) is 0 Å². The monoisotopic (exact) mass is 401 g/mol. The maximum atomic E-state index is 13.1. The van der Waals surface area contributed by atoms with Crippen molar-refractivity contribution in [3.05, 3.63) is 42.0 Å². The van der Waals surface area contributed by atoms with Crippen LogP contribution < -0.4 is 9.64 Å². The Morgan fingerprint density at radius 2 is 1.74 bits per heavy atom. The smallest absolute Gasteiger partial charge is 0.419 e. The highest BCUT2D eigenvalue weighted by atomic mass is 32.2. The number of aromatic nitrogens is 2. The number of benzene rings is 1. The summed E-state index contributed by atoms with van der Waals surface area (Å²) >= 11 is 0. The van der Waals surface area contributed by atoms with Crippen LogP contribution >= 0.6 is 0 Å². The molecule has 10 heteroatoms. The molecule has 2 heterocycles. The number of hydrogen-bond acceptors (Lipinski definition) is 6. The minimum Gasteiger partial charge on any atom is -0.490 e. The Morgan fingerprint density at radius 3 is 2.30 bits per heavy atom. The van der Waals surface area contributed by atoms with Gasteiger partial charge in [-0.05, 0) is 24.3 Å². The van der Waals surface area contributed by atoms with E-state index < -0.39 is 21.6 Å². The van der Waals surface area contributed by atoms with E-state index in [1.807, 2.05) is 4.90 Å². The second kappa shape index (κ2) is 7.34. The van der Waals surface area contributed by atoms with Crippen LogP contribution in [0.2, 0.25) is 0 Å². The van der Waals surface area contributed by atoms with Crippen LogP contribution in [0.15, 0.2) is 41.4 Å². The number of anilines is 1. The Bertz CT molecular complexity index is 894. The summed E-state index contributed by atoms with van der Waals surface area (Å²) in [6.45, 7) is 1.04. The maximum Gasteiger partial charge on any atom is 0.419 e. The zero-order valence-electron chi connectivity index (χ0n) is 14.5. The molecule has 27 heavy (non-hydrogen) atoms. The Hall–Kier alpha value is -2.36. The molecular formula is C17H18F3N3O3S. The van der Waals surface area contributed by atoms with E-state index in [1.54, 1.807) is 6.07 Å². The van der Waals surface area contributed by atoms with Gasteiger partial charge >= 0.3 is 6.18 Å². The minimum atomic E-state index is -4.46. The molecule has 6 nitrogen and oxygen atoms in total. The summed E-state index contributed by atoms with van der Waals surface area (Å²) in [5.74, 6) is 0.359. The van der Waals surface area contributed by atoms with Gasteiger partial charge in [-0.15, -0.1) is 10.2 Å². The fraction of sp³-hybridized carbons (Fsp3) is 0.412. The van der Waals surface area contributed by atoms with Gasteiger partial charge in [-0.3, -0.25) is 0 Å². The summed E-state index contributed by atoms with van der Waals surface area (Å²) in [5.41, 5.74) is -0.783. The zero-order valence-corrected chi connectivity index (χ0v) is 15.3. The third-order valence-electron chi connectivity index (χ3n) is 4.26. The van der Waals surface area contributed by atoms with Gasteiger partial charge in [0, 0.05) is 32.2 Å². The summed E-state index contributed by atoms with van der Waals surface area (Å²) in [6, 6.07) is 8.13. The van der Waals surface area contributed by atoms with Crippen molar-refractivity contribution in [3.63, 3.8) is 0 Å². The molecule has 0 bridgehead atoms. The fourth-order valence-corrected chi connectivity index (χ4v) is 3.37. The highest BCUT2D eigenvalue weighted by molar-refractivity contribution is 7.90. The molecule has 0 unspecified atom stereocenters. The van der Waals surface area contributed by atoms with Gasteiger partial charge in [0.2, 0.25) is 0 Å². The first kappa shape index (κ1) is 19.4. The van der Waals surface area contributed by atoms with Crippen molar-refractivity contribution in [1.82, 2.24) is 10.2 Å². The molecule has 1 saturated heterocycles. The molecule has 1 aliphatic heterocycles. The van der Waals surface area contributed by atoms with Crippen LogP contribution in [0.5, 0.6) is 5.75 Å². The molecule has 1 aliphatic rings. The largest absolute Gasteiger partial charge is 0.490 e. The van der Waals surface area contributed by atoms with Crippen LogP contribution in [0.1, 0.15) is 18.4 Å². The maximum absolute atomic E-state index is 13.1. The van der Waals surface area contributed by atoms with E-state index in [0.717, 1.165) is 12.3 Å². The number of para-hydroxylation sites is 1. The average Bonchev–Trinajstić information content (AvgIpc) is 2.61. The Kier molecular flexibility index (Phi) is 5.27. The van der Waals surface area contributed by atoms with Crippen molar-refractivity contribution in [2.75, 3.05) is 24.2 Å². The molecule has 0 amide bonds. The summed E-state index contributed by atoms with van der Waals surface area (Å²) in [6.07, 6.45) is -2.72. The van der Waals surface area contributed by atoms with Crippen LogP contribution in [0.25, 0.3) is 0 Å². The normalized spacial score (nSPS) is 16.4. The molecule has 0 spiro atoms. The number of halogens is 3. The van der Waals surface area contributed by atoms with E-state index >= 15 is 0 Å². The molecule has 146 valence electrons. The van der Waals surface area contributed by atoms with Crippen molar-refractivity contribution in [2.24, 2.45) is 0 Å². The molecular weight excluding hydrogens is 383 g/mol. The Balaban J connectivity index is 1.63. The number of ether oxygens (including phenoxy) is 1. The zero-order chi connectivity index (χ0) is 19.7. The molecule has 0 radical (unpaired) electrons. The number of rotatable bonds is 4. The van der Waals surface area contributed by atoms with Gasteiger partial charge in [0.25, 0.3) is 0 Å². The predicted octanol–water partition coefficient (Wildman–Crippen LogP) is 2.95. The first-order valence-electron chi connectivity index (χ1n) is 8.26. The molecule has 1 aromatic heterocycles. The molecule has 0 atom stereocenters. The average molecular weight is 401 g/mol. The van der Waals surface area contributed by atoms with Crippen LogP contribution in [-0.2, 0) is 16.0 Å². The molecule has 0 N–H and O–H groups in total. The SMILES string of the molecule is CS(=O)(=O)c1ccc(N2CCC(Oc3ccccc3C(F)(F)F)CC2)nn1. The lowest BCUT2D eigenvalue weighted by atomic mass is 10.1. The molecule has 0 aliphatic carbocycles. The van der Waals surface area contributed by atoms with Gasteiger partial charge in [0.05, 0.1) is 5.56 Å². The van der Waals surface area contributed by atoms with Gasteiger partial charge in [-0.25, -0.2) is 8.42 Å². The van der Waals surface area contributed by atoms with Crippen molar-refractivity contribution < 1.29 is 26.3 Å². The first-order chi connectivity index (χ1) is 12.6. The number of piperidine rings is 1. The van der Waals surface area contributed by atoms with Gasteiger partial charge in [-0.1, -0.05) is 12.1 Å². The van der Waals surface area contributed by atoms with E-state index in [-0.39, 0.29) is 16.9 Å². The van der Waals surface area contributed by atoms with Gasteiger partial charge in [0.15, 0.2) is 20.7 Å². The van der Waals surface area contributed by atoms with E-state index in [2.05, 4.69) is 10.2 Å². The number of sulfone groups is 1. The third-order valence-corrected chi connectivity index (χ3v) is 5.24. The van der Waals surface area contributed by atoms with Gasteiger partial charge in [0.1, 0.15) is 11.9 Å². The van der Waals surface area contributed by atoms with Crippen molar-refractivity contribution in [2.45, 2.75) is 30.1 Å². The van der Waals surface area contributed by atoms with E-state index in [4.69, 9.17) is 4.74 Å². The Morgan fingerprint density at radius 1 is 1.07 bits per heavy atom. The lowest BCUT2D eigenvalue weighted by Gasteiger charge is -2.33. The number of hydrogen-bond donors (Lipinski definition) is 0. The molecule has 1 fully saturated rings. The van der Waals surface area contributed by atoms with E-state index in [9.17, 15) is 21.6 Å². The highest BCUT2D eigenvalue weighted by Gasteiger charge is 2.35. The molecule has 2 aromatic rings.